The summed E-state index contributed by atoms with van der Waals surface area (Å²) in [5.41, 5.74) is 3.54. The van der Waals surface area contributed by atoms with Gasteiger partial charge in [0.15, 0.2) is 0 Å². The predicted octanol–water partition coefficient (Wildman–Crippen LogP) is 6.70. The predicted molar refractivity (Wildman–Crippen MR) is 114 cm³/mol. The average Bonchev–Trinajstić information content (AvgIpc) is 2.94. The average molecular weight is 385 g/mol. The van der Waals surface area contributed by atoms with E-state index in [9.17, 15) is 10.2 Å². The highest BCUT2D eigenvalue weighted by molar-refractivity contribution is 5.32. The van der Waals surface area contributed by atoms with E-state index >= 15 is 0 Å². The molecule has 0 heterocycles. The second-order valence-electron chi connectivity index (χ2n) is 11.4. The van der Waals surface area contributed by atoms with Gasteiger partial charge in [-0.25, -0.2) is 0 Å². The van der Waals surface area contributed by atoms with Gasteiger partial charge >= 0.3 is 0 Å². The standard InChI is InChI=1S/C26H40O2/c1-25-12-10-19(27)15-18(25)8-9-20-21(25)11-13-26(2)22(20)16-24(28)23(26)14-17-6-4-3-5-7-17/h8,17,19-22,27-28H,3-7,9-16H2,1-2H3/t19-,20+,21-,22-,25-,26-/m0/s1. The molecule has 6 atom stereocenters. The maximum Gasteiger partial charge on any atom is 0.0923 e. The molecule has 2 N–H and O–H groups in total. The SMILES string of the molecule is C[C@]12CC[C@H](O)CC1=CC[C@@H]1[C@@H]2CC[C@]2(C)C(CC3CCCCC3)=C(O)C[C@@H]12. The maximum absolute atomic E-state index is 11.1. The van der Waals surface area contributed by atoms with E-state index in [2.05, 4.69) is 19.9 Å². The molecule has 0 radical (unpaired) electrons. The van der Waals surface area contributed by atoms with Gasteiger partial charge in [-0.2, -0.15) is 0 Å². The Labute approximate surface area is 171 Å². The molecule has 2 nitrogen and oxygen atoms in total. The first-order valence-corrected chi connectivity index (χ1v) is 12.2. The monoisotopic (exact) mass is 384 g/mol. The molecule has 0 spiro atoms. The van der Waals surface area contributed by atoms with Gasteiger partial charge in [-0.05, 0) is 85.0 Å². The summed E-state index contributed by atoms with van der Waals surface area (Å²) in [5.74, 6) is 3.69. The molecule has 3 saturated carbocycles. The molecule has 5 rings (SSSR count). The number of hydrogen-bond acceptors (Lipinski definition) is 2. The molecule has 28 heavy (non-hydrogen) atoms. The zero-order valence-corrected chi connectivity index (χ0v) is 18.1. The van der Waals surface area contributed by atoms with Crippen molar-refractivity contribution in [3.8, 4) is 0 Å². The van der Waals surface area contributed by atoms with Gasteiger partial charge in [0, 0.05) is 6.42 Å². The molecular weight excluding hydrogens is 344 g/mol. The lowest BCUT2D eigenvalue weighted by Gasteiger charge is -2.57. The summed E-state index contributed by atoms with van der Waals surface area (Å²) in [7, 11) is 0. The van der Waals surface area contributed by atoms with Crippen molar-refractivity contribution in [2.75, 3.05) is 0 Å². The molecule has 0 aromatic carbocycles. The number of aliphatic hydroxyl groups excluding tert-OH is 2. The van der Waals surface area contributed by atoms with E-state index < -0.39 is 0 Å². The number of allylic oxidation sites excluding steroid dienone is 3. The normalized spacial score (nSPS) is 46.6. The third-order valence-electron chi connectivity index (χ3n) is 10.1. The number of hydrogen-bond donors (Lipinski definition) is 2. The zero-order chi connectivity index (χ0) is 19.5. The maximum atomic E-state index is 11.1. The molecular formula is C26H40O2. The molecule has 0 unspecified atom stereocenters. The van der Waals surface area contributed by atoms with Crippen molar-refractivity contribution in [2.45, 2.75) is 103 Å². The summed E-state index contributed by atoms with van der Waals surface area (Å²) < 4.78 is 0. The fourth-order valence-corrected chi connectivity index (χ4v) is 8.41. The molecule has 156 valence electrons. The largest absolute Gasteiger partial charge is 0.512 e. The van der Waals surface area contributed by atoms with Crippen LogP contribution < -0.4 is 0 Å². The first kappa shape index (κ1) is 19.2. The Morgan fingerprint density at radius 1 is 0.929 bits per heavy atom. The van der Waals surface area contributed by atoms with E-state index in [0.717, 1.165) is 43.3 Å². The summed E-state index contributed by atoms with van der Waals surface area (Å²) in [6.45, 7) is 5.00. The van der Waals surface area contributed by atoms with Crippen molar-refractivity contribution < 1.29 is 10.2 Å². The van der Waals surface area contributed by atoms with Crippen molar-refractivity contribution >= 4 is 0 Å². The van der Waals surface area contributed by atoms with Crippen molar-refractivity contribution in [2.24, 2.45) is 34.5 Å². The van der Waals surface area contributed by atoms with Crippen LogP contribution in [0.4, 0.5) is 0 Å². The molecule has 0 aromatic heterocycles. The highest BCUT2D eigenvalue weighted by atomic mass is 16.3. The molecule has 0 aliphatic heterocycles. The Hall–Kier alpha value is -0.760. The highest BCUT2D eigenvalue weighted by Crippen LogP contribution is 2.66. The Bertz CT molecular complexity index is 685. The fraction of sp³-hybridized carbons (Fsp3) is 0.846. The topological polar surface area (TPSA) is 40.5 Å². The molecule has 0 aromatic rings. The van der Waals surface area contributed by atoms with Gasteiger partial charge in [0.25, 0.3) is 0 Å². The fourth-order valence-electron chi connectivity index (χ4n) is 8.41. The second-order valence-corrected chi connectivity index (χ2v) is 11.4. The first-order valence-electron chi connectivity index (χ1n) is 12.2. The van der Waals surface area contributed by atoms with Gasteiger partial charge in [0.1, 0.15) is 0 Å². The zero-order valence-electron chi connectivity index (χ0n) is 18.1. The highest BCUT2D eigenvalue weighted by Gasteiger charge is 2.58. The Morgan fingerprint density at radius 3 is 2.46 bits per heavy atom. The lowest BCUT2D eigenvalue weighted by atomic mass is 9.47. The van der Waals surface area contributed by atoms with Crippen LogP contribution in [0, 0.1) is 34.5 Å². The van der Waals surface area contributed by atoms with Gasteiger partial charge < -0.3 is 10.2 Å². The summed E-state index contributed by atoms with van der Waals surface area (Å²) in [6, 6.07) is 0. The minimum absolute atomic E-state index is 0.121. The molecule has 0 saturated heterocycles. The van der Waals surface area contributed by atoms with Crippen molar-refractivity contribution in [3.63, 3.8) is 0 Å². The Morgan fingerprint density at radius 2 is 1.68 bits per heavy atom. The van der Waals surface area contributed by atoms with Crippen LogP contribution in [0.1, 0.15) is 97.3 Å². The van der Waals surface area contributed by atoms with Crippen LogP contribution in [-0.4, -0.2) is 16.3 Å². The van der Waals surface area contributed by atoms with E-state index in [1.807, 2.05) is 0 Å². The summed E-state index contributed by atoms with van der Waals surface area (Å²) in [4.78, 5) is 0. The molecule has 5 aliphatic carbocycles. The lowest BCUT2D eigenvalue weighted by Crippen LogP contribution is -2.50. The third kappa shape index (κ3) is 2.84. The lowest BCUT2D eigenvalue weighted by molar-refractivity contribution is -0.0313. The Balaban J connectivity index is 1.40. The summed E-state index contributed by atoms with van der Waals surface area (Å²) in [6.07, 6.45) is 18.2. The molecule has 0 bridgehead atoms. The van der Waals surface area contributed by atoms with E-state index in [1.165, 1.54) is 63.4 Å². The number of rotatable bonds is 2. The van der Waals surface area contributed by atoms with E-state index in [0.29, 0.717) is 17.3 Å². The number of fused-ring (bicyclic) bond motifs is 5. The number of aliphatic hydroxyl groups is 2. The van der Waals surface area contributed by atoms with Crippen molar-refractivity contribution in [1.29, 1.82) is 0 Å². The third-order valence-corrected chi connectivity index (χ3v) is 10.1. The summed E-state index contributed by atoms with van der Waals surface area (Å²) >= 11 is 0. The van der Waals surface area contributed by atoms with Gasteiger partial charge in [0.05, 0.1) is 11.9 Å². The van der Waals surface area contributed by atoms with Crippen molar-refractivity contribution in [3.05, 3.63) is 23.0 Å². The molecule has 3 fully saturated rings. The van der Waals surface area contributed by atoms with Gasteiger partial charge in [-0.1, -0.05) is 57.6 Å². The van der Waals surface area contributed by atoms with Crippen LogP contribution >= 0.6 is 0 Å². The molecule has 0 amide bonds. The smallest absolute Gasteiger partial charge is 0.0923 e. The van der Waals surface area contributed by atoms with Crippen LogP contribution in [0.15, 0.2) is 23.0 Å². The van der Waals surface area contributed by atoms with Gasteiger partial charge in [0.2, 0.25) is 0 Å². The van der Waals surface area contributed by atoms with Crippen LogP contribution in [0.25, 0.3) is 0 Å². The van der Waals surface area contributed by atoms with Crippen LogP contribution in [-0.2, 0) is 0 Å². The molecule has 5 aliphatic rings. The minimum atomic E-state index is -0.121. The van der Waals surface area contributed by atoms with Crippen molar-refractivity contribution in [1.82, 2.24) is 0 Å². The summed E-state index contributed by atoms with van der Waals surface area (Å²) in [5, 5.41) is 21.3. The first-order chi connectivity index (χ1) is 13.4. The quantitative estimate of drug-likeness (QED) is 0.520. The van der Waals surface area contributed by atoms with E-state index in [1.54, 1.807) is 5.57 Å². The van der Waals surface area contributed by atoms with Crippen LogP contribution in [0.5, 0.6) is 0 Å². The van der Waals surface area contributed by atoms with Crippen LogP contribution in [0.2, 0.25) is 0 Å². The van der Waals surface area contributed by atoms with Crippen LogP contribution in [0.3, 0.4) is 0 Å². The molecule has 2 heteroatoms. The van der Waals surface area contributed by atoms with E-state index in [-0.39, 0.29) is 11.5 Å². The second kappa shape index (κ2) is 6.89. The Kier molecular flexibility index (Phi) is 4.73. The van der Waals surface area contributed by atoms with Gasteiger partial charge in [-0.15, -0.1) is 0 Å². The van der Waals surface area contributed by atoms with E-state index in [4.69, 9.17) is 0 Å². The minimum Gasteiger partial charge on any atom is -0.512 e. The van der Waals surface area contributed by atoms with Gasteiger partial charge in [-0.3, -0.25) is 0 Å².